The third-order valence-electron chi connectivity index (χ3n) is 9.63. The van der Waals surface area contributed by atoms with Gasteiger partial charge in [0.15, 0.2) is 5.78 Å². The van der Waals surface area contributed by atoms with E-state index >= 15 is 0 Å². The normalized spacial score (nSPS) is 43.5. The van der Waals surface area contributed by atoms with E-state index in [-0.39, 0.29) is 16.6 Å². The second-order valence-electron chi connectivity index (χ2n) is 12.3. The van der Waals surface area contributed by atoms with Gasteiger partial charge >= 0.3 is 0 Å². The molecule has 0 aromatic carbocycles. The van der Waals surface area contributed by atoms with Crippen molar-refractivity contribution in [2.75, 3.05) is 0 Å². The number of aliphatic hydroxyl groups is 3. The molecule has 4 aliphatic carbocycles. The van der Waals surface area contributed by atoms with Gasteiger partial charge in [-0.1, -0.05) is 39.2 Å². The van der Waals surface area contributed by atoms with Gasteiger partial charge in [-0.3, -0.25) is 4.79 Å². The zero-order chi connectivity index (χ0) is 22.8. The number of hydrogen-bond donors (Lipinski definition) is 3. The maximum absolute atomic E-state index is 13.1. The van der Waals surface area contributed by atoms with Crippen molar-refractivity contribution in [3.63, 3.8) is 0 Å². The highest BCUT2D eigenvalue weighted by atomic mass is 16.3. The number of ketones is 1. The van der Waals surface area contributed by atoms with Gasteiger partial charge < -0.3 is 15.3 Å². The first-order chi connectivity index (χ1) is 14.4. The standard InChI is InChI=1S/C27H42O4/c1-16(7-6-11-25(2,3)31)18-8-9-19-17-13-22(28)21-14-23(29)24(30)15-27(21,5)20(17)10-12-26(18,19)4/h13-14,16,18-20,23-24,29-31H,6-12,15H2,1-5H3/t16?,18-,19?,20?,23+,24-,26-,27-/m1/s1. The quantitative estimate of drug-likeness (QED) is 0.597. The zero-order valence-corrected chi connectivity index (χ0v) is 20.0. The topological polar surface area (TPSA) is 77.8 Å². The van der Waals surface area contributed by atoms with Gasteiger partial charge in [-0.05, 0) is 93.6 Å². The molecule has 31 heavy (non-hydrogen) atoms. The molecular weight excluding hydrogens is 388 g/mol. The summed E-state index contributed by atoms with van der Waals surface area (Å²) in [5.41, 5.74) is 1.32. The minimum absolute atomic E-state index is 0.0469. The molecule has 0 heterocycles. The van der Waals surface area contributed by atoms with Gasteiger partial charge in [-0.25, -0.2) is 0 Å². The largest absolute Gasteiger partial charge is 0.390 e. The molecular formula is C27H42O4. The van der Waals surface area contributed by atoms with Gasteiger partial charge in [0.2, 0.25) is 0 Å². The lowest BCUT2D eigenvalue weighted by atomic mass is 9.49. The van der Waals surface area contributed by atoms with Crippen LogP contribution in [0.25, 0.3) is 0 Å². The molecule has 0 aromatic heterocycles. The van der Waals surface area contributed by atoms with E-state index in [1.54, 1.807) is 6.08 Å². The maximum atomic E-state index is 13.1. The van der Waals surface area contributed by atoms with E-state index in [0.717, 1.165) is 44.1 Å². The first-order valence-corrected chi connectivity index (χ1v) is 12.4. The van der Waals surface area contributed by atoms with Crippen LogP contribution >= 0.6 is 0 Å². The Labute approximate surface area is 187 Å². The van der Waals surface area contributed by atoms with E-state index < -0.39 is 17.8 Å². The van der Waals surface area contributed by atoms with Crippen LogP contribution in [0.3, 0.4) is 0 Å². The predicted molar refractivity (Wildman–Crippen MR) is 122 cm³/mol. The molecule has 4 heteroatoms. The van der Waals surface area contributed by atoms with Gasteiger partial charge in [-0.15, -0.1) is 0 Å². The SMILES string of the molecule is CC(CCCC(C)(C)O)[C@H]1CCC2C3=CC(=O)C4=C[C@H](O)[C@H](O)C[C@]4(C)C3CC[C@@]21C. The smallest absolute Gasteiger partial charge is 0.182 e. The molecule has 4 nitrogen and oxygen atoms in total. The summed E-state index contributed by atoms with van der Waals surface area (Å²) >= 11 is 0. The van der Waals surface area contributed by atoms with Crippen LogP contribution in [0.2, 0.25) is 0 Å². The molecule has 0 aliphatic heterocycles. The van der Waals surface area contributed by atoms with Gasteiger partial charge in [0.25, 0.3) is 0 Å². The molecule has 2 fully saturated rings. The number of fused-ring (bicyclic) bond motifs is 5. The summed E-state index contributed by atoms with van der Waals surface area (Å²) in [6.07, 6.45) is 9.89. The Morgan fingerprint density at radius 3 is 2.55 bits per heavy atom. The highest BCUT2D eigenvalue weighted by Gasteiger charge is 2.58. The Morgan fingerprint density at radius 1 is 1.16 bits per heavy atom. The summed E-state index contributed by atoms with van der Waals surface area (Å²) in [6, 6.07) is 0. The fourth-order valence-corrected chi connectivity index (χ4v) is 7.98. The Bertz CT molecular complexity index is 790. The Morgan fingerprint density at radius 2 is 1.87 bits per heavy atom. The number of carbonyl (C=O) groups excluding carboxylic acids is 1. The summed E-state index contributed by atoms with van der Waals surface area (Å²) in [7, 11) is 0. The van der Waals surface area contributed by atoms with E-state index in [1.807, 2.05) is 19.9 Å². The summed E-state index contributed by atoms with van der Waals surface area (Å²) in [6.45, 7) is 10.8. The van der Waals surface area contributed by atoms with Crippen molar-refractivity contribution in [3.8, 4) is 0 Å². The van der Waals surface area contributed by atoms with Crippen LogP contribution in [-0.2, 0) is 4.79 Å². The fraction of sp³-hybridized carbons (Fsp3) is 0.815. The van der Waals surface area contributed by atoms with Crippen molar-refractivity contribution in [3.05, 3.63) is 23.3 Å². The van der Waals surface area contributed by atoms with Gasteiger partial charge in [0.05, 0.1) is 17.8 Å². The lowest BCUT2D eigenvalue weighted by Crippen LogP contribution is -2.51. The average Bonchev–Trinajstić information content (AvgIpc) is 3.00. The first kappa shape index (κ1) is 23.2. The van der Waals surface area contributed by atoms with Crippen LogP contribution in [0.1, 0.15) is 86.0 Å². The molecule has 174 valence electrons. The lowest BCUT2D eigenvalue weighted by Gasteiger charge is -2.55. The van der Waals surface area contributed by atoms with E-state index in [1.165, 1.54) is 12.0 Å². The molecule has 0 bridgehead atoms. The van der Waals surface area contributed by atoms with Gasteiger partial charge in [0.1, 0.15) is 0 Å². The average molecular weight is 431 g/mol. The van der Waals surface area contributed by atoms with Crippen LogP contribution < -0.4 is 0 Å². The minimum Gasteiger partial charge on any atom is -0.390 e. The molecule has 2 saturated carbocycles. The molecule has 0 aromatic rings. The summed E-state index contributed by atoms with van der Waals surface area (Å²) in [4.78, 5) is 13.1. The number of hydrogen-bond acceptors (Lipinski definition) is 4. The summed E-state index contributed by atoms with van der Waals surface area (Å²) in [5, 5.41) is 30.6. The number of rotatable bonds is 5. The van der Waals surface area contributed by atoms with Crippen LogP contribution in [0, 0.1) is 34.5 Å². The van der Waals surface area contributed by atoms with Crippen LogP contribution in [0.5, 0.6) is 0 Å². The molecule has 3 unspecified atom stereocenters. The molecule has 0 amide bonds. The Hall–Kier alpha value is -0.970. The predicted octanol–water partition coefficient (Wildman–Crippen LogP) is 4.57. The third kappa shape index (κ3) is 3.87. The van der Waals surface area contributed by atoms with Crippen molar-refractivity contribution in [1.82, 2.24) is 0 Å². The van der Waals surface area contributed by atoms with Crippen molar-refractivity contribution in [1.29, 1.82) is 0 Å². The number of allylic oxidation sites excluding steroid dienone is 3. The van der Waals surface area contributed by atoms with E-state index in [2.05, 4.69) is 20.8 Å². The summed E-state index contributed by atoms with van der Waals surface area (Å²) < 4.78 is 0. The fourth-order valence-electron chi connectivity index (χ4n) is 7.98. The van der Waals surface area contributed by atoms with Crippen molar-refractivity contribution in [2.45, 2.75) is 104 Å². The molecule has 4 rings (SSSR count). The van der Waals surface area contributed by atoms with Crippen LogP contribution in [0.4, 0.5) is 0 Å². The zero-order valence-electron chi connectivity index (χ0n) is 20.0. The molecule has 4 aliphatic rings. The van der Waals surface area contributed by atoms with E-state index in [0.29, 0.717) is 30.1 Å². The maximum Gasteiger partial charge on any atom is 0.182 e. The molecule has 3 N–H and O–H groups in total. The molecule has 0 spiro atoms. The minimum atomic E-state index is -0.934. The molecule has 8 atom stereocenters. The van der Waals surface area contributed by atoms with Crippen molar-refractivity contribution < 1.29 is 20.1 Å². The van der Waals surface area contributed by atoms with Gasteiger partial charge in [0, 0.05) is 11.0 Å². The van der Waals surface area contributed by atoms with Crippen molar-refractivity contribution >= 4 is 5.78 Å². The van der Waals surface area contributed by atoms with E-state index in [9.17, 15) is 20.1 Å². The summed E-state index contributed by atoms with van der Waals surface area (Å²) in [5.74, 6) is 2.05. The van der Waals surface area contributed by atoms with Crippen molar-refractivity contribution in [2.24, 2.45) is 34.5 Å². The van der Waals surface area contributed by atoms with Crippen LogP contribution in [0.15, 0.2) is 23.3 Å². The Balaban J connectivity index is 1.57. The Kier molecular flexibility index (Phi) is 5.85. The first-order valence-electron chi connectivity index (χ1n) is 12.4. The number of aliphatic hydroxyl groups excluding tert-OH is 2. The molecule has 0 radical (unpaired) electrons. The van der Waals surface area contributed by atoms with E-state index in [4.69, 9.17) is 0 Å². The highest BCUT2D eigenvalue weighted by molar-refractivity contribution is 6.07. The third-order valence-corrected chi connectivity index (χ3v) is 9.63. The molecule has 0 saturated heterocycles. The lowest BCUT2D eigenvalue weighted by molar-refractivity contribution is -0.115. The second-order valence-corrected chi connectivity index (χ2v) is 12.3. The van der Waals surface area contributed by atoms with Crippen LogP contribution in [-0.4, -0.2) is 38.9 Å². The monoisotopic (exact) mass is 430 g/mol. The highest BCUT2D eigenvalue weighted by Crippen LogP contribution is 2.66. The van der Waals surface area contributed by atoms with Gasteiger partial charge in [-0.2, -0.15) is 0 Å². The second kappa shape index (κ2) is 7.81. The number of carbonyl (C=O) groups is 1.